The Bertz CT molecular complexity index is 753. The summed E-state index contributed by atoms with van der Waals surface area (Å²) in [5.41, 5.74) is 0.652. The number of nitrogens with zero attached hydrogens (tertiary/aromatic N) is 2. The summed E-state index contributed by atoms with van der Waals surface area (Å²) in [5.74, 6) is -1.73. The first-order valence-electron chi connectivity index (χ1n) is 8.10. The third kappa shape index (κ3) is 4.32. The second-order valence-corrected chi connectivity index (χ2v) is 6.93. The molecule has 2 amide bonds. The van der Waals surface area contributed by atoms with Crippen LogP contribution >= 0.6 is 11.3 Å². The maximum atomic E-state index is 13.3. The lowest BCUT2D eigenvalue weighted by Gasteiger charge is -2.34. The molecule has 0 spiro atoms. The van der Waals surface area contributed by atoms with Gasteiger partial charge in [0.15, 0.2) is 16.8 Å². The Kier molecular flexibility index (Phi) is 5.60. The van der Waals surface area contributed by atoms with Gasteiger partial charge in [0, 0.05) is 24.0 Å². The molecule has 0 saturated carbocycles. The lowest BCUT2D eigenvalue weighted by Crippen LogP contribution is -2.50. The van der Waals surface area contributed by atoms with Gasteiger partial charge in [-0.25, -0.2) is 18.6 Å². The van der Waals surface area contributed by atoms with Crippen molar-refractivity contribution in [2.75, 3.05) is 25.1 Å². The summed E-state index contributed by atoms with van der Waals surface area (Å²) in [5, 5.41) is 3.30. The highest BCUT2D eigenvalue weighted by Crippen LogP contribution is 2.23. The molecule has 2 aromatic rings. The summed E-state index contributed by atoms with van der Waals surface area (Å²) in [7, 11) is 0. The SMILES string of the molecule is CCC1COCCN1C(=O)Nc1ncc(Cc2ccc(F)c(F)c2)s1. The minimum absolute atomic E-state index is 0.0652. The van der Waals surface area contributed by atoms with Gasteiger partial charge in [0.2, 0.25) is 0 Å². The summed E-state index contributed by atoms with van der Waals surface area (Å²) < 4.78 is 31.7. The lowest BCUT2D eigenvalue weighted by atomic mass is 10.1. The van der Waals surface area contributed by atoms with Gasteiger partial charge >= 0.3 is 6.03 Å². The molecule has 1 fully saturated rings. The molecule has 134 valence electrons. The molecule has 0 bridgehead atoms. The monoisotopic (exact) mass is 367 g/mol. The molecular weight excluding hydrogens is 348 g/mol. The molecule has 1 aromatic heterocycles. The number of thiazole rings is 1. The van der Waals surface area contributed by atoms with Crippen LogP contribution in [-0.2, 0) is 11.2 Å². The van der Waals surface area contributed by atoms with Gasteiger partial charge in [0.1, 0.15) is 0 Å². The number of anilines is 1. The number of halogens is 2. The van der Waals surface area contributed by atoms with Gasteiger partial charge in [-0.05, 0) is 24.1 Å². The zero-order chi connectivity index (χ0) is 17.8. The Hall–Kier alpha value is -2.06. The molecule has 1 N–H and O–H groups in total. The normalized spacial score (nSPS) is 17.6. The number of nitrogens with one attached hydrogen (secondary N) is 1. The highest BCUT2D eigenvalue weighted by Gasteiger charge is 2.26. The first kappa shape index (κ1) is 17.8. The quantitative estimate of drug-likeness (QED) is 0.897. The molecule has 25 heavy (non-hydrogen) atoms. The molecule has 1 aliphatic heterocycles. The van der Waals surface area contributed by atoms with E-state index in [0.717, 1.165) is 17.4 Å². The number of aromatic nitrogens is 1. The molecule has 2 heterocycles. The summed E-state index contributed by atoms with van der Waals surface area (Å²) in [6.07, 6.45) is 2.89. The van der Waals surface area contributed by atoms with E-state index in [9.17, 15) is 13.6 Å². The summed E-state index contributed by atoms with van der Waals surface area (Å²) >= 11 is 1.32. The van der Waals surface area contributed by atoms with Crippen LogP contribution in [0.3, 0.4) is 0 Å². The predicted molar refractivity (Wildman–Crippen MR) is 91.9 cm³/mol. The van der Waals surface area contributed by atoms with E-state index < -0.39 is 11.6 Å². The average Bonchev–Trinajstić information content (AvgIpc) is 3.05. The first-order valence-corrected chi connectivity index (χ1v) is 8.92. The molecule has 0 aliphatic carbocycles. The van der Waals surface area contributed by atoms with Crippen molar-refractivity contribution in [1.82, 2.24) is 9.88 Å². The van der Waals surface area contributed by atoms with Crippen LogP contribution in [0.1, 0.15) is 23.8 Å². The minimum atomic E-state index is -0.867. The van der Waals surface area contributed by atoms with E-state index in [0.29, 0.717) is 36.9 Å². The maximum absolute atomic E-state index is 13.3. The summed E-state index contributed by atoms with van der Waals surface area (Å²) in [4.78, 5) is 19.2. The fourth-order valence-corrected chi connectivity index (χ4v) is 3.56. The number of hydrogen-bond donors (Lipinski definition) is 1. The van der Waals surface area contributed by atoms with Crippen LogP contribution in [0.5, 0.6) is 0 Å². The van der Waals surface area contributed by atoms with Crippen molar-refractivity contribution in [2.45, 2.75) is 25.8 Å². The Balaban J connectivity index is 1.63. The maximum Gasteiger partial charge on any atom is 0.324 e. The number of amides is 2. The van der Waals surface area contributed by atoms with Gasteiger partial charge in [0.05, 0.1) is 19.3 Å². The van der Waals surface area contributed by atoms with Gasteiger partial charge in [-0.1, -0.05) is 13.0 Å². The topological polar surface area (TPSA) is 54.5 Å². The van der Waals surface area contributed by atoms with Crippen LogP contribution < -0.4 is 5.32 Å². The van der Waals surface area contributed by atoms with Crippen molar-refractivity contribution in [1.29, 1.82) is 0 Å². The fourth-order valence-electron chi connectivity index (χ4n) is 2.72. The number of ether oxygens (including phenoxy) is 1. The molecule has 3 rings (SSSR count). The molecule has 1 aromatic carbocycles. The Labute approximate surface area is 148 Å². The number of morpholine rings is 1. The predicted octanol–water partition coefficient (Wildman–Crippen LogP) is 3.65. The van der Waals surface area contributed by atoms with E-state index in [4.69, 9.17) is 4.74 Å². The van der Waals surface area contributed by atoms with Crippen molar-refractivity contribution in [3.8, 4) is 0 Å². The van der Waals surface area contributed by atoms with Crippen molar-refractivity contribution >= 4 is 22.5 Å². The number of benzene rings is 1. The number of hydrogen-bond acceptors (Lipinski definition) is 4. The van der Waals surface area contributed by atoms with E-state index in [2.05, 4.69) is 10.3 Å². The molecule has 8 heteroatoms. The Morgan fingerprint density at radius 2 is 2.28 bits per heavy atom. The van der Waals surface area contributed by atoms with Gasteiger partial charge in [-0.15, -0.1) is 11.3 Å². The second-order valence-electron chi connectivity index (χ2n) is 5.82. The standard InChI is InChI=1S/C17H19F2N3O2S/c1-2-12-10-24-6-5-22(12)17(23)21-16-20-9-13(25-16)7-11-3-4-14(18)15(19)8-11/h3-4,8-9,12H,2,5-7,10H2,1H3,(H,20,21,23). The third-order valence-electron chi connectivity index (χ3n) is 4.09. The van der Waals surface area contributed by atoms with E-state index in [-0.39, 0.29) is 12.1 Å². The van der Waals surface area contributed by atoms with Gasteiger partial charge in [-0.2, -0.15) is 0 Å². The number of rotatable bonds is 4. The first-order chi connectivity index (χ1) is 12.1. The van der Waals surface area contributed by atoms with E-state index in [1.165, 1.54) is 23.5 Å². The number of urea groups is 1. The summed E-state index contributed by atoms with van der Waals surface area (Å²) in [6.45, 7) is 3.65. The minimum Gasteiger partial charge on any atom is -0.377 e. The van der Waals surface area contributed by atoms with Gasteiger partial charge in [0.25, 0.3) is 0 Å². The number of carbonyl (C=O) groups is 1. The van der Waals surface area contributed by atoms with Crippen LogP contribution in [0, 0.1) is 11.6 Å². The number of carbonyl (C=O) groups excluding carboxylic acids is 1. The van der Waals surface area contributed by atoms with E-state index in [1.54, 1.807) is 11.1 Å². The zero-order valence-electron chi connectivity index (χ0n) is 13.8. The van der Waals surface area contributed by atoms with Crippen LogP contribution in [-0.4, -0.2) is 41.7 Å². The molecule has 1 aliphatic rings. The Morgan fingerprint density at radius 1 is 1.44 bits per heavy atom. The lowest BCUT2D eigenvalue weighted by molar-refractivity contribution is 0.0144. The third-order valence-corrected chi connectivity index (χ3v) is 5.00. The van der Waals surface area contributed by atoms with Crippen molar-refractivity contribution in [2.24, 2.45) is 0 Å². The van der Waals surface area contributed by atoms with E-state index in [1.807, 2.05) is 6.92 Å². The second kappa shape index (κ2) is 7.88. The summed E-state index contributed by atoms with van der Waals surface area (Å²) in [6, 6.07) is 3.69. The average molecular weight is 367 g/mol. The fraction of sp³-hybridized carbons (Fsp3) is 0.412. The van der Waals surface area contributed by atoms with Crippen molar-refractivity contribution in [3.05, 3.63) is 46.5 Å². The molecule has 1 atom stereocenters. The van der Waals surface area contributed by atoms with Crippen LogP contribution in [0.2, 0.25) is 0 Å². The highest BCUT2D eigenvalue weighted by atomic mass is 32.1. The van der Waals surface area contributed by atoms with Crippen LogP contribution in [0.15, 0.2) is 24.4 Å². The Morgan fingerprint density at radius 3 is 3.04 bits per heavy atom. The van der Waals surface area contributed by atoms with Gasteiger partial charge < -0.3 is 9.64 Å². The van der Waals surface area contributed by atoms with E-state index >= 15 is 0 Å². The molecule has 1 unspecified atom stereocenters. The highest BCUT2D eigenvalue weighted by molar-refractivity contribution is 7.15. The van der Waals surface area contributed by atoms with Crippen molar-refractivity contribution < 1.29 is 18.3 Å². The molecule has 1 saturated heterocycles. The molecule has 0 radical (unpaired) electrons. The van der Waals surface area contributed by atoms with Crippen LogP contribution in [0.25, 0.3) is 0 Å². The van der Waals surface area contributed by atoms with Crippen molar-refractivity contribution in [3.63, 3.8) is 0 Å². The zero-order valence-corrected chi connectivity index (χ0v) is 14.6. The van der Waals surface area contributed by atoms with Crippen LogP contribution in [0.4, 0.5) is 18.7 Å². The molecule has 5 nitrogen and oxygen atoms in total. The van der Waals surface area contributed by atoms with Gasteiger partial charge in [-0.3, -0.25) is 5.32 Å². The molecular formula is C17H19F2N3O2S. The smallest absolute Gasteiger partial charge is 0.324 e. The largest absolute Gasteiger partial charge is 0.377 e.